The van der Waals surface area contributed by atoms with Gasteiger partial charge in [-0.15, -0.1) is 0 Å². The molecule has 4 heteroatoms. The molecule has 1 saturated carbocycles. The second-order valence-electron chi connectivity index (χ2n) is 5.62. The number of rotatable bonds is 4. The zero-order chi connectivity index (χ0) is 14.5. The van der Waals surface area contributed by atoms with Crippen molar-refractivity contribution in [3.63, 3.8) is 0 Å². The van der Waals surface area contributed by atoms with E-state index < -0.39 is 0 Å². The van der Waals surface area contributed by atoms with Gasteiger partial charge in [-0.2, -0.15) is 4.98 Å². The molecule has 4 nitrogen and oxygen atoms in total. The zero-order valence-electron chi connectivity index (χ0n) is 12.5. The third-order valence-corrected chi connectivity index (χ3v) is 4.04. The molecule has 1 aliphatic rings. The Labute approximate surface area is 126 Å². The number of hydrogen-bond acceptors (Lipinski definition) is 4. The highest BCUT2D eigenvalue weighted by Gasteiger charge is 2.14. The Morgan fingerprint density at radius 1 is 1.05 bits per heavy atom. The van der Waals surface area contributed by atoms with Crippen LogP contribution in [0, 0.1) is 0 Å². The van der Waals surface area contributed by atoms with Gasteiger partial charge in [0.15, 0.2) is 0 Å². The summed E-state index contributed by atoms with van der Waals surface area (Å²) in [6, 6.07) is 12.7. The van der Waals surface area contributed by atoms with Gasteiger partial charge in [0, 0.05) is 25.0 Å². The van der Waals surface area contributed by atoms with Crippen LogP contribution in [0.5, 0.6) is 0 Å². The molecule has 0 aliphatic heterocycles. The van der Waals surface area contributed by atoms with E-state index in [1.807, 2.05) is 42.4 Å². The molecule has 0 unspecified atom stereocenters. The first-order valence-corrected chi connectivity index (χ1v) is 7.71. The maximum atomic E-state index is 4.65. The zero-order valence-corrected chi connectivity index (χ0v) is 12.5. The van der Waals surface area contributed by atoms with Crippen molar-refractivity contribution in [3.8, 4) is 0 Å². The smallest absolute Gasteiger partial charge is 0.231 e. The lowest BCUT2D eigenvalue weighted by Gasteiger charge is -2.24. The van der Waals surface area contributed by atoms with Gasteiger partial charge in [-0.1, -0.05) is 37.5 Å². The Bertz CT molecular complexity index is 564. The Hall–Kier alpha value is -2.10. The normalized spacial score (nSPS) is 15.7. The van der Waals surface area contributed by atoms with Crippen molar-refractivity contribution in [2.45, 2.75) is 38.1 Å². The average molecular weight is 282 g/mol. The number of hydrogen-bond donors (Lipinski definition) is 1. The summed E-state index contributed by atoms with van der Waals surface area (Å²) in [7, 11) is 2.00. The lowest BCUT2D eigenvalue weighted by atomic mass is 9.95. The molecule has 0 spiro atoms. The van der Waals surface area contributed by atoms with E-state index in [1.165, 1.54) is 32.1 Å². The summed E-state index contributed by atoms with van der Waals surface area (Å²) in [6.45, 7) is 0. The first-order valence-electron chi connectivity index (χ1n) is 7.71. The molecule has 1 aromatic heterocycles. The largest absolute Gasteiger partial charge is 0.367 e. The third kappa shape index (κ3) is 3.51. The highest BCUT2D eigenvalue weighted by atomic mass is 15.2. The van der Waals surface area contributed by atoms with E-state index in [0.29, 0.717) is 6.04 Å². The maximum Gasteiger partial charge on any atom is 0.231 e. The molecular weight excluding hydrogens is 260 g/mol. The molecule has 0 bridgehead atoms. The van der Waals surface area contributed by atoms with Gasteiger partial charge in [0.25, 0.3) is 0 Å². The van der Waals surface area contributed by atoms with E-state index in [9.17, 15) is 0 Å². The molecule has 0 atom stereocenters. The van der Waals surface area contributed by atoms with Gasteiger partial charge in [0.05, 0.1) is 0 Å². The minimum Gasteiger partial charge on any atom is -0.367 e. The molecule has 1 N–H and O–H groups in total. The van der Waals surface area contributed by atoms with Crippen molar-refractivity contribution in [2.24, 2.45) is 0 Å². The molecule has 21 heavy (non-hydrogen) atoms. The minimum atomic E-state index is 0.559. The van der Waals surface area contributed by atoms with Crippen LogP contribution in [-0.4, -0.2) is 23.1 Å². The molecule has 1 heterocycles. The Balaban J connectivity index is 1.73. The molecule has 2 aromatic rings. The molecule has 110 valence electrons. The first-order chi connectivity index (χ1) is 10.3. The van der Waals surface area contributed by atoms with Gasteiger partial charge in [-0.3, -0.25) is 0 Å². The summed E-state index contributed by atoms with van der Waals surface area (Å²) in [6.07, 6.45) is 8.32. The molecule has 0 radical (unpaired) electrons. The van der Waals surface area contributed by atoms with E-state index in [-0.39, 0.29) is 0 Å². The fraction of sp³-hybridized carbons (Fsp3) is 0.412. The van der Waals surface area contributed by atoms with Gasteiger partial charge in [-0.25, -0.2) is 4.98 Å². The molecule has 0 amide bonds. The standard InChI is InChI=1S/C17H22N4/c1-21(15-10-6-3-7-11-15)17-18-13-12-16(20-17)19-14-8-4-2-5-9-14/h3,6-7,10-14H,2,4-5,8-9H2,1H3,(H,18,19,20). The van der Waals surface area contributed by atoms with Crippen molar-refractivity contribution >= 4 is 17.5 Å². The lowest BCUT2D eigenvalue weighted by molar-refractivity contribution is 0.462. The monoisotopic (exact) mass is 282 g/mol. The van der Waals surface area contributed by atoms with Crippen LogP contribution < -0.4 is 10.2 Å². The quantitative estimate of drug-likeness (QED) is 0.920. The van der Waals surface area contributed by atoms with Crippen LogP contribution in [0.15, 0.2) is 42.6 Å². The maximum absolute atomic E-state index is 4.65. The van der Waals surface area contributed by atoms with Crippen LogP contribution in [0.25, 0.3) is 0 Å². The van der Waals surface area contributed by atoms with E-state index in [4.69, 9.17) is 0 Å². The summed E-state index contributed by atoms with van der Waals surface area (Å²) in [5.74, 6) is 1.65. The predicted molar refractivity (Wildman–Crippen MR) is 87.0 cm³/mol. The van der Waals surface area contributed by atoms with E-state index in [0.717, 1.165) is 17.5 Å². The van der Waals surface area contributed by atoms with Gasteiger partial charge in [0.1, 0.15) is 5.82 Å². The van der Waals surface area contributed by atoms with Crippen LogP contribution in [0.2, 0.25) is 0 Å². The number of anilines is 3. The second kappa shape index (κ2) is 6.57. The number of aromatic nitrogens is 2. The highest BCUT2D eigenvalue weighted by Crippen LogP contribution is 2.23. The van der Waals surface area contributed by atoms with Gasteiger partial charge < -0.3 is 10.2 Å². The fourth-order valence-corrected chi connectivity index (χ4v) is 2.81. The number of nitrogens with zero attached hydrogens (tertiary/aromatic N) is 3. The Morgan fingerprint density at radius 3 is 2.57 bits per heavy atom. The van der Waals surface area contributed by atoms with Crippen LogP contribution in [0.3, 0.4) is 0 Å². The van der Waals surface area contributed by atoms with Crippen LogP contribution >= 0.6 is 0 Å². The number of nitrogens with one attached hydrogen (secondary N) is 1. The fourth-order valence-electron chi connectivity index (χ4n) is 2.81. The predicted octanol–water partition coefficient (Wildman–Crippen LogP) is 3.99. The van der Waals surface area contributed by atoms with Gasteiger partial charge >= 0.3 is 0 Å². The van der Waals surface area contributed by atoms with E-state index in [1.54, 1.807) is 0 Å². The van der Waals surface area contributed by atoms with Crippen molar-refractivity contribution in [3.05, 3.63) is 42.6 Å². The lowest BCUT2D eigenvalue weighted by Crippen LogP contribution is -2.23. The Kier molecular flexibility index (Phi) is 4.34. The van der Waals surface area contributed by atoms with Crippen LogP contribution in [-0.2, 0) is 0 Å². The topological polar surface area (TPSA) is 41.1 Å². The first kappa shape index (κ1) is 13.9. The number of benzene rings is 1. The van der Waals surface area contributed by atoms with Crippen LogP contribution in [0.1, 0.15) is 32.1 Å². The molecule has 3 rings (SSSR count). The molecule has 0 saturated heterocycles. The average Bonchev–Trinajstić information content (AvgIpc) is 2.56. The number of para-hydroxylation sites is 1. The summed E-state index contributed by atoms with van der Waals surface area (Å²) < 4.78 is 0. The molecule has 1 aromatic carbocycles. The van der Waals surface area contributed by atoms with E-state index in [2.05, 4.69) is 27.4 Å². The van der Waals surface area contributed by atoms with Gasteiger partial charge in [0.2, 0.25) is 5.95 Å². The SMILES string of the molecule is CN(c1ccccc1)c1nccc(NC2CCCCC2)n1. The summed E-state index contributed by atoms with van der Waals surface area (Å²) in [4.78, 5) is 11.0. The van der Waals surface area contributed by atoms with Crippen molar-refractivity contribution in [2.75, 3.05) is 17.3 Å². The molecular formula is C17H22N4. The summed E-state index contributed by atoms with van der Waals surface area (Å²) >= 11 is 0. The van der Waals surface area contributed by atoms with E-state index >= 15 is 0 Å². The van der Waals surface area contributed by atoms with Gasteiger partial charge in [-0.05, 0) is 31.0 Å². The second-order valence-corrected chi connectivity index (χ2v) is 5.62. The molecule has 1 fully saturated rings. The van der Waals surface area contributed by atoms with Crippen molar-refractivity contribution in [1.82, 2.24) is 9.97 Å². The highest BCUT2D eigenvalue weighted by molar-refractivity contribution is 5.57. The summed E-state index contributed by atoms with van der Waals surface area (Å²) in [5.41, 5.74) is 1.09. The summed E-state index contributed by atoms with van der Waals surface area (Å²) in [5, 5.41) is 3.55. The van der Waals surface area contributed by atoms with Crippen molar-refractivity contribution < 1.29 is 0 Å². The van der Waals surface area contributed by atoms with Crippen molar-refractivity contribution in [1.29, 1.82) is 0 Å². The third-order valence-electron chi connectivity index (χ3n) is 4.04. The minimum absolute atomic E-state index is 0.559. The molecule has 1 aliphatic carbocycles. The Morgan fingerprint density at radius 2 is 1.81 bits per heavy atom. The van der Waals surface area contributed by atoms with Crippen LogP contribution in [0.4, 0.5) is 17.5 Å².